The maximum Gasteiger partial charge on any atom is 0.226 e. The van der Waals surface area contributed by atoms with Crippen molar-refractivity contribution in [2.45, 2.75) is 50.5 Å². The summed E-state index contributed by atoms with van der Waals surface area (Å²) in [5, 5.41) is 29.2. The number of aromatic nitrogens is 4. The van der Waals surface area contributed by atoms with Gasteiger partial charge in [0.2, 0.25) is 11.7 Å². The van der Waals surface area contributed by atoms with Crippen molar-refractivity contribution < 1.29 is 15.0 Å². The molecule has 0 spiro atoms. The molecule has 0 aromatic carbocycles. The van der Waals surface area contributed by atoms with Gasteiger partial charge in [0.1, 0.15) is 5.60 Å². The zero-order valence-corrected chi connectivity index (χ0v) is 20.5. The molecule has 3 heterocycles. The van der Waals surface area contributed by atoms with Gasteiger partial charge >= 0.3 is 0 Å². The van der Waals surface area contributed by atoms with Gasteiger partial charge in [-0.3, -0.25) is 9.36 Å². The summed E-state index contributed by atoms with van der Waals surface area (Å²) in [6, 6.07) is 3.90. The Balaban J connectivity index is 1.63. The standard InChI is InChI=1S/C23H25ClN6O3S/c1-12-10-23(33,22(2,32)17(12)21(31)25-3)30-11-26-18-19(27-13-4-5-13)28-16(29-20(18)30)9-7-14-6-8-15(24)34-14/h6,8,11-13,17,32-33H,4-5,10H2,1-3H3,(H,25,31)(H,27,28,29)/t12-,17-,22+,23-/m1/s1. The molecule has 4 atom stereocenters. The highest BCUT2D eigenvalue weighted by Gasteiger charge is 2.63. The van der Waals surface area contributed by atoms with Crippen molar-refractivity contribution >= 4 is 45.8 Å². The largest absolute Gasteiger partial charge is 0.384 e. The van der Waals surface area contributed by atoms with Crippen molar-refractivity contribution in [1.29, 1.82) is 0 Å². The molecular formula is C23H25ClN6O3S. The van der Waals surface area contributed by atoms with Gasteiger partial charge in [-0.1, -0.05) is 18.5 Å². The molecule has 11 heteroatoms. The van der Waals surface area contributed by atoms with Crippen molar-refractivity contribution in [3.8, 4) is 11.8 Å². The molecule has 9 nitrogen and oxygen atoms in total. The lowest BCUT2D eigenvalue weighted by atomic mass is 9.84. The fraction of sp³-hybridized carbons (Fsp3) is 0.478. The summed E-state index contributed by atoms with van der Waals surface area (Å²) in [5.74, 6) is 5.35. The molecule has 2 saturated carbocycles. The van der Waals surface area contributed by atoms with Crippen LogP contribution in [-0.4, -0.2) is 54.3 Å². The van der Waals surface area contributed by atoms with Gasteiger partial charge in [0, 0.05) is 19.5 Å². The van der Waals surface area contributed by atoms with Gasteiger partial charge in [-0.15, -0.1) is 11.3 Å². The third-order valence-corrected chi connectivity index (χ3v) is 7.85. The van der Waals surface area contributed by atoms with E-state index in [-0.39, 0.29) is 24.1 Å². The van der Waals surface area contributed by atoms with E-state index >= 15 is 0 Å². The van der Waals surface area contributed by atoms with Crippen molar-refractivity contribution in [3.63, 3.8) is 0 Å². The van der Waals surface area contributed by atoms with Gasteiger partial charge in [-0.2, -0.15) is 0 Å². The number of rotatable bonds is 4. The number of hydrogen-bond donors (Lipinski definition) is 4. The Bertz CT molecular complexity index is 1340. The number of carbonyl (C=O) groups excluding carboxylic acids is 1. The van der Waals surface area contributed by atoms with Gasteiger partial charge < -0.3 is 20.8 Å². The topological polar surface area (TPSA) is 125 Å². The minimum absolute atomic E-state index is 0.146. The highest BCUT2D eigenvalue weighted by Crippen LogP contribution is 2.51. The maximum atomic E-state index is 12.5. The molecule has 0 saturated heterocycles. The van der Waals surface area contributed by atoms with Crippen LogP contribution < -0.4 is 10.6 Å². The van der Waals surface area contributed by atoms with Gasteiger partial charge in [0.15, 0.2) is 22.7 Å². The third kappa shape index (κ3) is 3.73. The van der Waals surface area contributed by atoms with E-state index in [1.807, 2.05) is 13.0 Å². The molecule has 4 N–H and O–H groups in total. The molecule has 0 unspecified atom stereocenters. The van der Waals surface area contributed by atoms with Crippen LogP contribution in [0.1, 0.15) is 43.8 Å². The van der Waals surface area contributed by atoms with Crippen LogP contribution in [0.5, 0.6) is 0 Å². The minimum Gasteiger partial charge on any atom is -0.384 e. The van der Waals surface area contributed by atoms with E-state index in [2.05, 4.69) is 37.4 Å². The van der Waals surface area contributed by atoms with Crippen LogP contribution in [0.3, 0.4) is 0 Å². The van der Waals surface area contributed by atoms with Crippen molar-refractivity contribution in [1.82, 2.24) is 24.8 Å². The van der Waals surface area contributed by atoms with Crippen molar-refractivity contribution in [2.24, 2.45) is 11.8 Å². The third-order valence-electron chi connectivity index (χ3n) is 6.70. The number of halogens is 1. The van der Waals surface area contributed by atoms with E-state index in [9.17, 15) is 15.0 Å². The fourth-order valence-corrected chi connectivity index (χ4v) is 5.73. The SMILES string of the molecule is CNC(=O)[C@H]1[C@H](C)C[C@](O)(n2cnc3c(NC4CC4)nc(C#Cc4ccc(Cl)s4)nc32)[C@@]1(C)O. The number of hydrogen-bond acceptors (Lipinski definition) is 8. The van der Waals surface area contributed by atoms with E-state index in [4.69, 9.17) is 11.6 Å². The summed E-state index contributed by atoms with van der Waals surface area (Å²) >= 11 is 7.36. The zero-order chi connectivity index (χ0) is 24.3. The second kappa shape index (κ2) is 8.20. The predicted molar refractivity (Wildman–Crippen MR) is 129 cm³/mol. The molecule has 0 radical (unpaired) electrons. The number of thiophene rings is 1. The Labute approximate surface area is 205 Å². The Morgan fingerprint density at radius 1 is 1.29 bits per heavy atom. The number of fused-ring (bicyclic) bond motifs is 1. The van der Waals surface area contributed by atoms with E-state index in [0.717, 1.165) is 17.7 Å². The number of carbonyl (C=O) groups is 1. The Hall–Kier alpha value is -2.71. The molecule has 3 aromatic heterocycles. The smallest absolute Gasteiger partial charge is 0.226 e. The van der Waals surface area contributed by atoms with Crippen molar-refractivity contribution in [2.75, 3.05) is 12.4 Å². The van der Waals surface area contributed by atoms with Crippen molar-refractivity contribution in [3.05, 3.63) is 33.5 Å². The highest BCUT2D eigenvalue weighted by atomic mass is 35.5. The first-order chi connectivity index (χ1) is 16.1. The van der Waals surface area contributed by atoms with Crippen LogP contribution in [0.4, 0.5) is 5.82 Å². The number of nitrogens with zero attached hydrogens (tertiary/aromatic N) is 4. The molecule has 2 aliphatic carbocycles. The second-order valence-electron chi connectivity index (χ2n) is 9.19. The Morgan fingerprint density at radius 2 is 2.06 bits per heavy atom. The second-order valence-corrected chi connectivity index (χ2v) is 10.9. The van der Waals surface area contributed by atoms with E-state index < -0.39 is 17.2 Å². The summed E-state index contributed by atoms with van der Waals surface area (Å²) in [6.45, 7) is 3.32. The lowest BCUT2D eigenvalue weighted by Gasteiger charge is -2.38. The lowest BCUT2D eigenvalue weighted by molar-refractivity contribution is -0.189. The van der Waals surface area contributed by atoms with Gasteiger partial charge in [-0.05, 0) is 49.7 Å². The summed E-state index contributed by atoms with van der Waals surface area (Å²) < 4.78 is 2.09. The van der Waals surface area contributed by atoms with Crippen LogP contribution in [0.25, 0.3) is 11.2 Å². The van der Waals surface area contributed by atoms with Crippen LogP contribution in [0.2, 0.25) is 4.34 Å². The van der Waals surface area contributed by atoms with Gasteiger partial charge in [0.05, 0.1) is 21.5 Å². The lowest BCUT2D eigenvalue weighted by Crippen LogP contribution is -2.55. The average Bonchev–Trinajstić information content (AvgIpc) is 3.25. The molecule has 1 amide bonds. The number of imidazole rings is 1. The monoisotopic (exact) mass is 500 g/mol. The summed E-state index contributed by atoms with van der Waals surface area (Å²) in [5.41, 5.74) is -2.78. The predicted octanol–water partition coefficient (Wildman–Crippen LogP) is 2.31. The number of anilines is 1. The first kappa shape index (κ1) is 23.1. The minimum atomic E-state index is -1.81. The quantitative estimate of drug-likeness (QED) is 0.405. The van der Waals surface area contributed by atoms with Crippen LogP contribution >= 0.6 is 22.9 Å². The molecule has 0 bridgehead atoms. The molecule has 2 fully saturated rings. The van der Waals surface area contributed by atoms with Crippen LogP contribution in [0.15, 0.2) is 18.5 Å². The van der Waals surface area contributed by atoms with E-state index in [1.165, 1.54) is 36.2 Å². The molecule has 34 heavy (non-hydrogen) atoms. The molecule has 0 aliphatic heterocycles. The maximum absolute atomic E-state index is 12.5. The molecular weight excluding hydrogens is 476 g/mol. The highest BCUT2D eigenvalue weighted by molar-refractivity contribution is 7.16. The normalized spacial score (nSPS) is 28.5. The van der Waals surface area contributed by atoms with E-state index in [0.29, 0.717) is 27.4 Å². The molecule has 5 rings (SSSR count). The van der Waals surface area contributed by atoms with Crippen LogP contribution in [0, 0.1) is 23.7 Å². The zero-order valence-electron chi connectivity index (χ0n) is 19.0. The average molecular weight is 501 g/mol. The van der Waals surface area contributed by atoms with Gasteiger partial charge in [-0.25, -0.2) is 15.0 Å². The summed E-state index contributed by atoms with van der Waals surface area (Å²) in [7, 11) is 1.52. The van der Waals surface area contributed by atoms with Gasteiger partial charge in [0.25, 0.3) is 0 Å². The summed E-state index contributed by atoms with van der Waals surface area (Å²) in [6.07, 6.45) is 3.66. The molecule has 2 aliphatic rings. The van der Waals surface area contributed by atoms with E-state index in [1.54, 1.807) is 6.07 Å². The summed E-state index contributed by atoms with van der Waals surface area (Å²) in [4.78, 5) is 27.0. The Kier molecular flexibility index (Phi) is 5.56. The first-order valence-corrected chi connectivity index (χ1v) is 12.3. The number of amides is 1. The first-order valence-electron chi connectivity index (χ1n) is 11.1. The van der Waals surface area contributed by atoms with Crippen LogP contribution in [-0.2, 0) is 10.5 Å². The molecule has 178 valence electrons. The molecule has 3 aromatic rings. The number of nitrogens with one attached hydrogen (secondary N) is 2. The number of aliphatic hydroxyl groups is 2. The fourth-order valence-electron chi connectivity index (χ4n) is 4.84. The Morgan fingerprint density at radius 3 is 2.71 bits per heavy atom.